The van der Waals surface area contributed by atoms with Gasteiger partial charge in [-0.1, -0.05) is 67.6 Å². The van der Waals surface area contributed by atoms with Crippen LogP contribution in [0.2, 0.25) is 0 Å². The molecule has 6 heteroatoms. The second-order valence-corrected chi connectivity index (χ2v) is 8.25. The molecule has 0 aliphatic heterocycles. The summed E-state index contributed by atoms with van der Waals surface area (Å²) in [6, 6.07) is 22.4. The molecule has 3 aromatic carbocycles. The Hall–Kier alpha value is -3.93. The van der Waals surface area contributed by atoms with E-state index in [9.17, 15) is 14.9 Å². The number of fused-ring (bicyclic) bond motifs is 1. The van der Waals surface area contributed by atoms with Crippen molar-refractivity contribution in [2.45, 2.75) is 38.6 Å². The van der Waals surface area contributed by atoms with Crippen molar-refractivity contribution in [1.82, 2.24) is 10.3 Å². The van der Waals surface area contributed by atoms with Crippen LogP contribution in [0, 0.1) is 10.1 Å². The average Bonchev–Trinajstić information content (AvgIpc) is 3.27. The Labute approximate surface area is 192 Å². The first-order valence-electron chi connectivity index (χ1n) is 11.2. The molecule has 0 bridgehead atoms. The Balaban J connectivity index is 1.70. The highest BCUT2D eigenvalue weighted by molar-refractivity contribution is 5.88. The summed E-state index contributed by atoms with van der Waals surface area (Å²) in [6.45, 7) is 4.06. The van der Waals surface area contributed by atoms with Crippen molar-refractivity contribution in [3.05, 3.63) is 111 Å². The van der Waals surface area contributed by atoms with Crippen LogP contribution in [0.15, 0.2) is 79.0 Å². The Bertz CT molecular complexity index is 1280. The molecule has 33 heavy (non-hydrogen) atoms. The molecule has 0 unspecified atom stereocenters. The number of nitro benzene ring substituents is 1. The van der Waals surface area contributed by atoms with Crippen molar-refractivity contribution in [3.8, 4) is 0 Å². The molecule has 1 amide bonds. The number of carbonyl (C=O) groups is 1. The van der Waals surface area contributed by atoms with Crippen molar-refractivity contribution in [2.75, 3.05) is 0 Å². The highest BCUT2D eigenvalue weighted by atomic mass is 16.6. The van der Waals surface area contributed by atoms with Gasteiger partial charge in [0.05, 0.1) is 11.0 Å². The topological polar surface area (TPSA) is 88.0 Å². The summed E-state index contributed by atoms with van der Waals surface area (Å²) in [5.74, 6) is -0.433. The number of nitrogens with one attached hydrogen (secondary N) is 2. The van der Waals surface area contributed by atoms with Crippen LogP contribution < -0.4 is 5.32 Å². The molecule has 6 nitrogen and oxygen atoms in total. The van der Waals surface area contributed by atoms with Crippen molar-refractivity contribution >= 4 is 22.5 Å². The standard InChI is InChI=1S/C27H27N3O3/c1-3-19-11-8-14-23-25(17-28-27(19)23)24(21-12-7-13-22(15-21)30(32)33)16-26(31)29-18(2)20-9-5-4-6-10-20/h4-15,17-18,24,28H,3,16H2,1-2H3,(H,29,31)/t18-,24-/m1/s1. The molecule has 168 valence electrons. The van der Waals surface area contributed by atoms with Crippen molar-refractivity contribution in [3.63, 3.8) is 0 Å². The highest BCUT2D eigenvalue weighted by Gasteiger charge is 2.24. The van der Waals surface area contributed by atoms with E-state index < -0.39 is 4.92 Å². The van der Waals surface area contributed by atoms with E-state index in [2.05, 4.69) is 23.3 Å². The second-order valence-electron chi connectivity index (χ2n) is 8.25. The fourth-order valence-corrected chi connectivity index (χ4v) is 4.40. The third-order valence-electron chi connectivity index (χ3n) is 6.14. The van der Waals surface area contributed by atoms with Gasteiger partial charge < -0.3 is 10.3 Å². The van der Waals surface area contributed by atoms with Gasteiger partial charge in [0.15, 0.2) is 0 Å². The molecular weight excluding hydrogens is 414 g/mol. The summed E-state index contributed by atoms with van der Waals surface area (Å²) in [6.07, 6.45) is 3.00. The minimum Gasteiger partial charge on any atom is -0.361 e. The van der Waals surface area contributed by atoms with E-state index in [-0.39, 0.29) is 30.0 Å². The maximum absolute atomic E-state index is 13.1. The molecule has 0 aliphatic rings. The average molecular weight is 442 g/mol. The number of para-hydroxylation sites is 1. The monoisotopic (exact) mass is 441 g/mol. The lowest BCUT2D eigenvalue weighted by molar-refractivity contribution is -0.384. The molecule has 2 atom stereocenters. The molecule has 0 fully saturated rings. The van der Waals surface area contributed by atoms with Crippen LogP contribution in [0.5, 0.6) is 0 Å². The van der Waals surface area contributed by atoms with Gasteiger partial charge in [-0.3, -0.25) is 14.9 Å². The van der Waals surface area contributed by atoms with Crippen molar-refractivity contribution < 1.29 is 9.72 Å². The van der Waals surface area contributed by atoms with Crippen LogP contribution in [0.4, 0.5) is 5.69 Å². The summed E-state index contributed by atoms with van der Waals surface area (Å²) < 4.78 is 0. The number of nitro groups is 1. The molecule has 1 heterocycles. The number of carbonyl (C=O) groups excluding carboxylic acids is 1. The SMILES string of the molecule is CCc1cccc2c([C@H](CC(=O)N[C@H](C)c3ccccc3)c3cccc([N+](=O)[O-])c3)c[nH]c12. The Morgan fingerprint density at radius 1 is 1.03 bits per heavy atom. The minimum atomic E-state index is -0.400. The molecule has 2 N–H and O–H groups in total. The summed E-state index contributed by atoms with van der Waals surface area (Å²) in [4.78, 5) is 27.5. The van der Waals surface area contributed by atoms with Crippen LogP contribution in [-0.2, 0) is 11.2 Å². The van der Waals surface area contributed by atoms with Crippen LogP contribution in [0.25, 0.3) is 10.9 Å². The molecule has 1 aromatic heterocycles. The van der Waals surface area contributed by atoms with Gasteiger partial charge in [0, 0.05) is 41.6 Å². The number of non-ortho nitro benzene ring substituents is 1. The quantitative estimate of drug-likeness (QED) is 0.258. The first-order valence-corrected chi connectivity index (χ1v) is 11.2. The fourth-order valence-electron chi connectivity index (χ4n) is 4.40. The van der Waals surface area contributed by atoms with Gasteiger partial charge in [0.25, 0.3) is 5.69 Å². The molecule has 4 rings (SSSR count). The molecule has 0 saturated carbocycles. The Kier molecular flexibility index (Phi) is 6.54. The summed E-state index contributed by atoms with van der Waals surface area (Å²) in [5, 5.41) is 15.5. The fraction of sp³-hybridized carbons (Fsp3) is 0.222. The number of rotatable bonds is 8. The smallest absolute Gasteiger partial charge is 0.269 e. The first kappa shape index (κ1) is 22.3. The zero-order valence-electron chi connectivity index (χ0n) is 18.7. The van der Waals surface area contributed by atoms with Crippen LogP contribution >= 0.6 is 0 Å². The third-order valence-corrected chi connectivity index (χ3v) is 6.14. The summed E-state index contributed by atoms with van der Waals surface area (Å²) in [7, 11) is 0. The number of aromatic amines is 1. The molecule has 0 spiro atoms. The predicted octanol–water partition coefficient (Wildman–Crippen LogP) is 6.04. The predicted molar refractivity (Wildman–Crippen MR) is 130 cm³/mol. The lowest BCUT2D eigenvalue weighted by atomic mass is 9.87. The van der Waals surface area contributed by atoms with E-state index in [1.165, 1.54) is 11.6 Å². The lowest BCUT2D eigenvalue weighted by Gasteiger charge is -2.20. The zero-order valence-corrected chi connectivity index (χ0v) is 18.7. The zero-order chi connectivity index (χ0) is 23.4. The van der Waals surface area contributed by atoms with Gasteiger partial charge in [-0.05, 0) is 35.6 Å². The largest absolute Gasteiger partial charge is 0.361 e. The molecule has 0 aliphatic carbocycles. The van der Waals surface area contributed by atoms with Gasteiger partial charge in [0.2, 0.25) is 5.91 Å². The third kappa shape index (κ3) is 4.80. The van der Waals surface area contributed by atoms with Gasteiger partial charge in [-0.15, -0.1) is 0 Å². The maximum atomic E-state index is 13.1. The number of benzene rings is 3. The maximum Gasteiger partial charge on any atom is 0.269 e. The first-order chi connectivity index (χ1) is 16.0. The summed E-state index contributed by atoms with van der Waals surface area (Å²) >= 11 is 0. The van der Waals surface area contributed by atoms with Crippen LogP contribution in [0.1, 0.15) is 54.5 Å². The number of H-pyrrole nitrogens is 1. The van der Waals surface area contributed by atoms with Gasteiger partial charge in [0.1, 0.15) is 0 Å². The normalized spacial score (nSPS) is 12.9. The number of nitrogens with zero attached hydrogens (tertiary/aromatic N) is 1. The Morgan fingerprint density at radius 2 is 1.76 bits per heavy atom. The number of aromatic nitrogens is 1. The highest BCUT2D eigenvalue weighted by Crippen LogP contribution is 2.36. The molecule has 0 saturated heterocycles. The molecular formula is C27H27N3O3. The number of hydrogen-bond acceptors (Lipinski definition) is 3. The Morgan fingerprint density at radius 3 is 2.48 bits per heavy atom. The van der Waals surface area contributed by atoms with E-state index in [0.717, 1.165) is 34.0 Å². The van der Waals surface area contributed by atoms with Gasteiger partial charge >= 0.3 is 0 Å². The number of aryl methyl sites for hydroxylation is 1. The van der Waals surface area contributed by atoms with Crippen molar-refractivity contribution in [2.24, 2.45) is 0 Å². The van der Waals surface area contributed by atoms with E-state index in [1.807, 2.05) is 61.7 Å². The summed E-state index contributed by atoms with van der Waals surface area (Å²) in [5.41, 5.74) is 4.99. The minimum absolute atomic E-state index is 0.0182. The molecule has 4 aromatic rings. The van der Waals surface area contributed by atoms with Gasteiger partial charge in [-0.2, -0.15) is 0 Å². The lowest BCUT2D eigenvalue weighted by Crippen LogP contribution is -2.28. The van der Waals surface area contributed by atoms with Crippen LogP contribution in [-0.4, -0.2) is 15.8 Å². The second kappa shape index (κ2) is 9.69. The number of hydrogen-bond donors (Lipinski definition) is 2. The number of amides is 1. The van der Waals surface area contributed by atoms with Crippen LogP contribution in [0.3, 0.4) is 0 Å². The molecule has 0 radical (unpaired) electrons. The van der Waals surface area contributed by atoms with E-state index >= 15 is 0 Å². The van der Waals surface area contributed by atoms with Crippen molar-refractivity contribution in [1.29, 1.82) is 0 Å². The van der Waals surface area contributed by atoms with Gasteiger partial charge in [-0.25, -0.2) is 0 Å². The van der Waals surface area contributed by atoms with E-state index in [0.29, 0.717) is 0 Å². The van der Waals surface area contributed by atoms with E-state index in [4.69, 9.17) is 0 Å². The van der Waals surface area contributed by atoms with E-state index in [1.54, 1.807) is 12.1 Å².